The van der Waals surface area contributed by atoms with Crippen LogP contribution in [0.25, 0.3) is 10.9 Å². The standard InChI is InChI=1S/C21H23N3O3/c1-24-14-16(17-6-4-5-7-18(17)24)9-11-21(25)23-22-13-15-8-10-19(26-2)20(12-15)27-3/h4-8,10,12-14H,9,11H2,1-3H3,(H,23,25)/b22-13-. The van der Waals surface area contributed by atoms with Crippen LogP contribution in [-0.2, 0) is 18.3 Å². The van der Waals surface area contributed by atoms with Crippen LogP contribution in [0.15, 0.2) is 53.8 Å². The first kappa shape index (κ1) is 18.5. The minimum atomic E-state index is -0.125. The molecule has 140 valence electrons. The average Bonchev–Trinajstić information content (AvgIpc) is 3.02. The predicted octanol–water partition coefficient (Wildman–Crippen LogP) is 3.28. The van der Waals surface area contributed by atoms with Crippen molar-refractivity contribution in [2.45, 2.75) is 12.8 Å². The van der Waals surface area contributed by atoms with Gasteiger partial charge in [0.25, 0.3) is 0 Å². The molecule has 1 amide bonds. The van der Waals surface area contributed by atoms with Crippen molar-refractivity contribution >= 4 is 23.0 Å². The van der Waals surface area contributed by atoms with Crippen molar-refractivity contribution in [2.24, 2.45) is 12.1 Å². The third kappa shape index (κ3) is 4.28. The number of benzene rings is 2. The predicted molar refractivity (Wildman–Crippen MR) is 107 cm³/mol. The van der Waals surface area contributed by atoms with Gasteiger partial charge in [0, 0.05) is 30.6 Å². The summed E-state index contributed by atoms with van der Waals surface area (Å²) in [7, 11) is 5.18. The van der Waals surface area contributed by atoms with Gasteiger partial charge in [-0.2, -0.15) is 5.10 Å². The number of hydrazone groups is 1. The smallest absolute Gasteiger partial charge is 0.240 e. The number of carbonyl (C=O) groups is 1. The minimum absolute atomic E-state index is 0.125. The third-order valence-electron chi connectivity index (χ3n) is 4.41. The number of methoxy groups -OCH3 is 2. The Labute approximate surface area is 158 Å². The molecule has 1 heterocycles. The van der Waals surface area contributed by atoms with Crippen molar-refractivity contribution in [3.63, 3.8) is 0 Å². The molecule has 1 aromatic heterocycles. The molecule has 3 aromatic rings. The Kier molecular flexibility index (Phi) is 5.76. The van der Waals surface area contributed by atoms with Crippen LogP contribution < -0.4 is 14.9 Å². The summed E-state index contributed by atoms with van der Waals surface area (Å²) in [6.07, 6.45) is 4.69. The molecule has 0 aliphatic rings. The average molecular weight is 365 g/mol. The van der Waals surface area contributed by atoms with Crippen LogP contribution in [-0.4, -0.2) is 30.9 Å². The summed E-state index contributed by atoms with van der Waals surface area (Å²) < 4.78 is 12.5. The summed E-state index contributed by atoms with van der Waals surface area (Å²) in [5.74, 6) is 1.14. The summed E-state index contributed by atoms with van der Waals surface area (Å²) in [5.41, 5.74) is 5.71. The lowest BCUT2D eigenvalue weighted by Crippen LogP contribution is -2.17. The highest BCUT2D eigenvalue weighted by atomic mass is 16.5. The van der Waals surface area contributed by atoms with E-state index in [1.165, 1.54) is 10.9 Å². The highest BCUT2D eigenvalue weighted by molar-refractivity contribution is 5.85. The van der Waals surface area contributed by atoms with Gasteiger partial charge in [0.15, 0.2) is 11.5 Å². The summed E-state index contributed by atoms with van der Waals surface area (Å²) in [5, 5.41) is 5.21. The Balaban J connectivity index is 1.57. The van der Waals surface area contributed by atoms with Gasteiger partial charge in [0.1, 0.15) is 0 Å². The van der Waals surface area contributed by atoms with Crippen LogP contribution in [0.3, 0.4) is 0 Å². The van der Waals surface area contributed by atoms with Crippen LogP contribution in [0, 0.1) is 0 Å². The van der Waals surface area contributed by atoms with E-state index in [0.717, 1.165) is 11.1 Å². The zero-order valence-electron chi connectivity index (χ0n) is 15.7. The van der Waals surface area contributed by atoms with Gasteiger partial charge in [-0.3, -0.25) is 4.79 Å². The molecule has 3 rings (SSSR count). The summed E-state index contributed by atoms with van der Waals surface area (Å²) in [4.78, 5) is 12.1. The number of carbonyl (C=O) groups excluding carboxylic acids is 1. The second-order valence-corrected chi connectivity index (χ2v) is 6.19. The molecule has 0 unspecified atom stereocenters. The second kappa shape index (κ2) is 8.40. The number of nitrogens with zero attached hydrogens (tertiary/aromatic N) is 2. The van der Waals surface area contributed by atoms with E-state index in [2.05, 4.69) is 33.4 Å². The topological polar surface area (TPSA) is 64.8 Å². The number of para-hydroxylation sites is 1. The van der Waals surface area contributed by atoms with Crippen molar-refractivity contribution in [1.82, 2.24) is 9.99 Å². The highest BCUT2D eigenvalue weighted by Gasteiger charge is 2.08. The molecule has 27 heavy (non-hydrogen) atoms. The van der Waals surface area contributed by atoms with Gasteiger partial charge in [0.2, 0.25) is 5.91 Å². The molecule has 0 saturated heterocycles. The quantitative estimate of drug-likeness (QED) is 0.516. The Bertz CT molecular complexity index is 976. The normalized spacial score (nSPS) is 11.1. The van der Waals surface area contributed by atoms with E-state index in [1.807, 2.05) is 25.2 Å². The molecule has 0 saturated carbocycles. The zero-order chi connectivity index (χ0) is 19.2. The summed E-state index contributed by atoms with van der Waals surface area (Å²) in [6, 6.07) is 13.6. The van der Waals surface area contributed by atoms with Crippen LogP contribution >= 0.6 is 0 Å². The van der Waals surface area contributed by atoms with Gasteiger partial charge in [-0.25, -0.2) is 5.43 Å². The molecule has 0 fully saturated rings. The van der Waals surface area contributed by atoms with E-state index >= 15 is 0 Å². The number of aromatic nitrogens is 1. The van der Waals surface area contributed by atoms with Gasteiger partial charge in [-0.05, 0) is 41.8 Å². The number of aryl methyl sites for hydroxylation is 2. The van der Waals surface area contributed by atoms with E-state index < -0.39 is 0 Å². The van der Waals surface area contributed by atoms with Crippen molar-refractivity contribution in [1.29, 1.82) is 0 Å². The van der Waals surface area contributed by atoms with Crippen molar-refractivity contribution < 1.29 is 14.3 Å². The fourth-order valence-corrected chi connectivity index (χ4v) is 3.04. The van der Waals surface area contributed by atoms with Gasteiger partial charge >= 0.3 is 0 Å². The SMILES string of the molecule is COc1ccc(/C=N\NC(=O)CCc2cn(C)c3ccccc23)cc1OC. The van der Waals surface area contributed by atoms with Crippen LogP contribution in [0.2, 0.25) is 0 Å². The van der Waals surface area contributed by atoms with Gasteiger partial charge in [-0.1, -0.05) is 18.2 Å². The highest BCUT2D eigenvalue weighted by Crippen LogP contribution is 2.26. The van der Waals surface area contributed by atoms with Crippen molar-refractivity contribution in [3.8, 4) is 11.5 Å². The Morgan fingerprint density at radius 3 is 2.70 bits per heavy atom. The minimum Gasteiger partial charge on any atom is -0.493 e. The number of ether oxygens (including phenoxy) is 2. The van der Waals surface area contributed by atoms with E-state index in [9.17, 15) is 4.79 Å². The summed E-state index contributed by atoms with van der Waals surface area (Å²) in [6.45, 7) is 0. The third-order valence-corrected chi connectivity index (χ3v) is 4.41. The molecule has 2 aromatic carbocycles. The molecule has 6 heteroatoms. The molecule has 0 spiro atoms. The number of fused-ring (bicyclic) bond motifs is 1. The number of nitrogens with one attached hydrogen (secondary N) is 1. The van der Waals surface area contributed by atoms with Crippen LogP contribution in [0.1, 0.15) is 17.5 Å². The molecular weight excluding hydrogens is 342 g/mol. The fraction of sp³-hybridized carbons (Fsp3) is 0.238. The number of amides is 1. The molecule has 0 radical (unpaired) electrons. The number of hydrogen-bond acceptors (Lipinski definition) is 4. The molecule has 6 nitrogen and oxygen atoms in total. The molecule has 0 bridgehead atoms. The van der Waals surface area contributed by atoms with Gasteiger partial charge in [0.05, 0.1) is 20.4 Å². The largest absolute Gasteiger partial charge is 0.493 e. The lowest BCUT2D eigenvalue weighted by molar-refractivity contribution is -0.121. The molecule has 0 aliphatic carbocycles. The molecule has 0 aliphatic heterocycles. The number of rotatable bonds is 7. The lowest BCUT2D eigenvalue weighted by Gasteiger charge is -2.07. The van der Waals surface area contributed by atoms with E-state index in [4.69, 9.17) is 9.47 Å². The van der Waals surface area contributed by atoms with E-state index in [0.29, 0.717) is 24.3 Å². The van der Waals surface area contributed by atoms with Crippen LogP contribution in [0.4, 0.5) is 0 Å². The Morgan fingerprint density at radius 1 is 1.15 bits per heavy atom. The monoisotopic (exact) mass is 365 g/mol. The first-order valence-electron chi connectivity index (χ1n) is 8.69. The number of hydrogen-bond donors (Lipinski definition) is 1. The Hall–Kier alpha value is -3.28. The maximum atomic E-state index is 12.1. The maximum Gasteiger partial charge on any atom is 0.240 e. The lowest BCUT2D eigenvalue weighted by atomic mass is 10.1. The maximum absolute atomic E-state index is 12.1. The van der Waals surface area contributed by atoms with Crippen LogP contribution in [0.5, 0.6) is 11.5 Å². The van der Waals surface area contributed by atoms with Gasteiger partial charge in [-0.15, -0.1) is 0 Å². The summed E-state index contributed by atoms with van der Waals surface area (Å²) >= 11 is 0. The first-order chi connectivity index (χ1) is 13.1. The molecule has 0 atom stereocenters. The molecular formula is C21H23N3O3. The first-order valence-corrected chi connectivity index (χ1v) is 8.69. The zero-order valence-corrected chi connectivity index (χ0v) is 15.7. The Morgan fingerprint density at radius 2 is 1.93 bits per heavy atom. The van der Waals surface area contributed by atoms with E-state index in [1.54, 1.807) is 32.6 Å². The van der Waals surface area contributed by atoms with Crippen molar-refractivity contribution in [3.05, 3.63) is 59.8 Å². The second-order valence-electron chi connectivity index (χ2n) is 6.19. The molecule has 1 N–H and O–H groups in total. The van der Waals surface area contributed by atoms with Crippen molar-refractivity contribution in [2.75, 3.05) is 14.2 Å². The van der Waals surface area contributed by atoms with E-state index in [-0.39, 0.29) is 5.91 Å². The van der Waals surface area contributed by atoms with Gasteiger partial charge < -0.3 is 14.0 Å². The fourth-order valence-electron chi connectivity index (χ4n) is 3.04.